The van der Waals surface area contributed by atoms with Gasteiger partial charge in [0.1, 0.15) is 0 Å². The zero-order chi connectivity index (χ0) is 19.1. The van der Waals surface area contributed by atoms with Gasteiger partial charge in [-0.1, -0.05) is 48.4 Å². The Labute approximate surface area is 172 Å². The summed E-state index contributed by atoms with van der Waals surface area (Å²) in [5, 5.41) is 9.15. The van der Waals surface area contributed by atoms with Crippen molar-refractivity contribution in [2.24, 2.45) is 0 Å². The van der Waals surface area contributed by atoms with Crippen LogP contribution in [0.2, 0.25) is 0 Å². The second-order valence-electron chi connectivity index (χ2n) is 7.09. The average Bonchev–Trinajstić information content (AvgIpc) is 2.72. The van der Waals surface area contributed by atoms with Crippen LogP contribution in [0.4, 0.5) is 0 Å². The lowest BCUT2D eigenvalue weighted by molar-refractivity contribution is -0.123. The second-order valence-corrected chi connectivity index (χ2v) is 7.09. The minimum atomic E-state index is -0.113. The van der Waals surface area contributed by atoms with E-state index in [1.807, 2.05) is 49.4 Å². The second kappa shape index (κ2) is 10.8. The number of hydrogen-bond donors (Lipinski definition) is 3. The number of rotatable bonds is 6. The van der Waals surface area contributed by atoms with Crippen molar-refractivity contribution in [2.75, 3.05) is 6.54 Å². The molecule has 0 bridgehead atoms. The van der Waals surface area contributed by atoms with Crippen molar-refractivity contribution >= 4 is 24.2 Å². The zero-order valence-electron chi connectivity index (χ0n) is 16.2. The summed E-state index contributed by atoms with van der Waals surface area (Å²) in [7, 11) is 0. The molecule has 2 aromatic carbocycles. The lowest BCUT2D eigenvalue weighted by Gasteiger charge is -2.22. The summed E-state index contributed by atoms with van der Waals surface area (Å²) in [4.78, 5) is 24.6. The van der Waals surface area contributed by atoms with Crippen LogP contribution < -0.4 is 16.0 Å². The van der Waals surface area contributed by atoms with E-state index in [1.54, 1.807) is 6.07 Å². The van der Waals surface area contributed by atoms with Gasteiger partial charge in [0.05, 0.1) is 6.04 Å². The molecule has 1 saturated heterocycles. The fourth-order valence-corrected chi connectivity index (χ4v) is 3.20. The number of aryl methyl sites for hydroxylation is 1. The number of carbonyl (C=O) groups is 2. The highest BCUT2D eigenvalue weighted by Gasteiger charge is 2.19. The van der Waals surface area contributed by atoms with Crippen molar-refractivity contribution in [3.63, 3.8) is 0 Å². The summed E-state index contributed by atoms with van der Waals surface area (Å²) in [5.74, 6) is -0.0818. The first-order chi connectivity index (χ1) is 13.1. The molecule has 6 heteroatoms. The van der Waals surface area contributed by atoms with Gasteiger partial charge in [0, 0.05) is 18.7 Å². The molecule has 1 unspecified atom stereocenters. The van der Waals surface area contributed by atoms with Crippen molar-refractivity contribution in [2.45, 2.75) is 45.3 Å². The molecule has 1 heterocycles. The maximum absolute atomic E-state index is 12.4. The first-order valence-corrected chi connectivity index (χ1v) is 9.55. The Morgan fingerprint density at radius 2 is 1.75 bits per heavy atom. The van der Waals surface area contributed by atoms with E-state index >= 15 is 0 Å². The van der Waals surface area contributed by atoms with E-state index in [0.29, 0.717) is 18.7 Å². The van der Waals surface area contributed by atoms with E-state index in [1.165, 1.54) is 5.56 Å². The highest BCUT2D eigenvalue weighted by molar-refractivity contribution is 5.94. The highest BCUT2D eigenvalue weighted by Crippen LogP contribution is 2.09. The smallest absolute Gasteiger partial charge is 0.251 e. The summed E-state index contributed by atoms with van der Waals surface area (Å²) in [6, 6.07) is 15.4. The number of halogens is 1. The van der Waals surface area contributed by atoms with Crippen molar-refractivity contribution < 1.29 is 9.59 Å². The summed E-state index contributed by atoms with van der Waals surface area (Å²) in [5.41, 5.74) is 3.78. The van der Waals surface area contributed by atoms with Crippen LogP contribution in [-0.4, -0.2) is 24.4 Å². The third-order valence-corrected chi connectivity index (χ3v) is 4.86. The Morgan fingerprint density at radius 1 is 1.00 bits per heavy atom. The third kappa shape index (κ3) is 6.36. The molecule has 3 rings (SSSR count). The van der Waals surface area contributed by atoms with Gasteiger partial charge in [0.2, 0.25) is 5.91 Å². The van der Waals surface area contributed by atoms with Gasteiger partial charge in [-0.3, -0.25) is 9.59 Å². The molecule has 2 aromatic rings. The third-order valence-electron chi connectivity index (χ3n) is 4.86. The fraction of sp³-hybridized carbons (Fsp3) is 0.364. The Hall–Kier alpha value is -2.37. The molecular formula is C22H28ClN3O2. The number of carbonyl (C=O) groups excluding carboxylic acids is 2. The predicted octanol–water partition coefficient (Wildman–Crippen LogP) is 3.11. The molecule has 0 spiro atoms. The molecule has 0 aromatic heterocycles. The number of hydrogen-bond acceptors (Lipinski definition) is 3. The Morgan fingerprint density at radius 3 is 2.46 bits per heavy atom. The lowest BCUT2D eigenvalue weighted by Crippen LogP contribution is -2.46. The van der Waals surface area contributed by atoms with Gasteiger partial charge < -0.3 is 16.0 Å². The highest BCUT2D eigenvalue weighted by atomic mass is 35.5. The van der Waals surface area contributed by atoms with E-state index in [-0.39, 0.29) is 30.3 Å². The minimum absolute atomic E-state index is 0. The predicted molar refractivity (Wildman–Crippen MR) is 114 cm³/mol. The topological polar surface area (TPSA) is 70.2 Å². The van der Waals surface area contributed by atoms with Crippen molar-refractivity contribution in [1.82, 2.24) is 16.0 Å². The van der Waals surface area contributed by atoms with Crippen LogP contribution in [0.25, 0.3) is 0 Å². The van der Waals surface area contributed by atoms with Crippen LogP contribution in [0, 0.1) is 6.92 Å². The summed E-state index contributed by atoms with van der Waals surface area (Å²) in [6.45, 7) is 3.86. The van der Waals surface area contributed by atoms with Gasteiger partial charge >= 0.3 is 0 Å². The van der Waals surface area contributed by atoms with Gasteiger partial charge in [-0.15, -0.1) is 12.4 Å². The van der Waals surface area contributed by atoms with Gasteiger partial charge in [-0.25, -0.2) is 0 Å². The van der Waals surface area contributed by atoms with E-state index in [9.17, 15) is 9.59 Å². The monoisotopic (exact) mass is 401 g/mol. The minimum Gasteiger partial charge on any atom is -0.351 e. The van der Waals surface area contributed by atoms with E-state index in [4.69, 9.17) is 0 Å². The Kier molecular flexibility index (Phi) is 8.48. The molecular weight excluding hydrogens is 374 g/mol. The molecule has 2 amide bonds. The van der Waals surface area contributed by atoms with Gasteiger partial charge in [0.25, 0.3) is 5.91 Å². The molecule has 1 fully saturated rings. The summed E-state index contributed by atoms with van der Waals surface area (Å²) >= 11 is 0. The van der Waals surface area contributed by atoms with E-state index in [0.717, 1.165) is 36.9 Å². The Bertz CT molecular complexity index is 787. The van der Waals surface area contributed by atoms with Crippen molar-refractivity contribution in [3.05, 3.63) is 70.8 Å². The molecule has 0 aliphatic carbocycles. The number of benzene rings is 2. The zero-order valence-corrected chi connectivity index (χ0v) is 17.0. The van der Waals surface area contributed by atoms with Gasteiger partial charge in [-0.05, 0) is 49.6 Å². The van der Waals surface area contributed by atoms with E-state index in [2.05, 4.69) is 16.0 Å². The molecule has 1 atom stereocenters. The molecule has 1 aliphatic rings. The number of piperidine rings is 1. The summed E-state index contributed by atoms with van der Waals surface area (Å²) in [6.07, 6.45) is 3.10. The summed E-state index contributed by atoms with van der Waals surface area (Å²) < 4.78 is 0. The molecule has 150 valence electrons. The first kappa shape index (κ1) is 21.9. The Balaban J connectivity index is 0.00000280. The quantitative estimate of drug-likeness (QED) is 0.696. The van der Waals surface area contributed by atoms with Crippen LogP contribution >= 0.6 is 12.4 Å². The standard InChI is InChI=1S/C22H27N3O2.ClH/c1-16-8-10-17(11-9-16)14-24-21(26)19-6-4-5-18(13-19)15-25-22(27)20-7-2-3-12-23-20;/h4-6,8-11,13,20,23H,2-3,7,12,14-15H2,1H3,(H,24,26)(H,25,27);1H. The molecule has 3 N–H and O–H groups in total. The van der Waals surface area contributed by atoms with Crippen molar-refractivity contribution in [1.29, 1.82) is 0 Å². The van der Waals surface area contributed by atoms with Crippen LogP contribution in [0.15, 0.2) is 48.5 Å². The normalized spacial score (nSPS) is 16.0. The number of amides is 2. The maximum Gasteiger partial charge on any atom is 0.251 e. The number of nitrogens with one attached hydrogen (secondary N) is 3. The van der Waals surface area contributed by atoms with Crippen molar-refractivity contribution in [3.8, 4) is 0 Å². The van der Waals surface area contributed by atoms with E-state index < -0.39 is 0 Å². The molecule has 28 heavy (non-hydrogen) atoms. The van der Waals surface area contributed by atoms with Crippen LogP contribution in [0.5, 0.6) is 0 Å². The van der Waals surface area contributed by atoms with Crippen LogP contribution in [0.1, 0.15) is 46.3 Å². The maximum atomic E-state index is 12.4. The fourth-order valence-electron chi connectivity index (χ4n) is 3.20. The molecule has 5 nitrogen and oxygen atoms in total. The van der Waals surface area contributed by atoms with Crippen LogP contribution in [-0.2, 0) is 17.9 Å². The lowest BCUT2D eigenvalue weighted by atomic mass is 10.0. The largest absolute Gasteiger partial charge is 0.351 e. The molecule has 0 radical (unpaired) electrons. The average molecular weight is 402 g/mol. The first-order valence-electron chi connectivity index (χ1n) is 9.55. The van der Waals surface area contributed by atoms with Crippen LogP contribution in [0.3, 0.4) is 0 Å². The van der Waals surface area contributed by atoms with Gasteiger partial charge in [0.15, 0.2) is 0 Å². The molecule has 0 saturated carbocycles. The SMILES string of the molecule is Cc1ccc(CNC(=O)c2cccc(CNC(=O)C3CCCCN3)c2)cc1.Cl. The van der Waals surface area contributed by atoms with Gasteiger partial charge in [-0.2, -0.15) is 0 Å². The molecule has 1 aliphatic heterocycles.